The Morgan fingerprint density at radius 3 is 2.15 bits per heavy atom. The molecular weight excluding hydrogens is 206 g/mol. The van der Waals surface area contributed by atoms with E-state index in [4.69, 9.17) is 20.7 Å². The van der Waals surface area contributed by atoms with Crippen LogP contribution in [0.5, 0.6) is 0 Å². The molecule has 5 atom stereocenters. The van der Waals surface area contributed by atoms with Gasteiger partial charge in [0.1, 0.15) is 18.3 Å². The average Bonchev–Trinajstić information content (AvgIpc) is 2.08. The summed E-state index contributed by atoms with van der Waals surface area (Å²) in [5, 5.41) is 36.1. The van der Waals surface area contributed by atoms with Gasteiger partial charge in [0.2, 0.25) is 0 Å². The Morgan fingerprint density at radius 1 is 1.15 bits per heavy atom. The van der Waals surface area contributed by atoms with Crippen LogP contribution in [-0.4, -0.2) is 95.4 Å². The van der Waals surface area contributed by atoms with E-state index in [0.29, 0.717) is 0 Å². The van der Waals surface area contributed by atoms with Crippen LogP contribution in [0.4, 0.5) is 0 Å². The molecule has 0 spiro atoms. The van der Waals surface area contributed by atoms with E-state index in [-0.39, 0.29) is 37.7 Å². The van der Waals surface area contributed by atoms with E-state index in [1.54, 1.807) is 0 Å². The Labute approximate surface area is 105 Å². The molecule has 0 aromatic heterocycles. The van der Waals surface area contributed by atoms with Gasteiger partial charge in [-0.25, -0.2) is 0 Å². The van der Waals surface area contributed by atoms with E-state index in [1.807, 2.05) is 0 Å². The van der Waals surface area contributed by atoms with Crippen molar-refractivity contribution < 1.29 is 25.2 Å². The quantitative estimate of drug-likeness (QED) is 0.287. The zero-order valence-corrected chi connectivity index (χ0v) is 6.37. The number of hydrogen-bond acceptors (Lipinski definition) is 6. The van der Waals surface area contributed by atoms with Gasteiger partial charge < -0.3 is 30.9 Å². The molecule has 7 heteroatoms. The molecule has 0 bridgehead atoms. The molecule has 1 saturated heterocycles. The van der Waals surface area contributed by atoms with E-state index in [0.717, 1.165) is 0 Å². The van der Waals surface area contributed by atoms with Crippen LogP contribution >= 0.6 is 0 Å². The van der Waals surface area contributed by atoms with E-state index in [1.165, 1.54) is 0 Å². The third-order valence-electron chi connectivity index (χ3n) is 1.95. The predicted molar refractivity (Wildman–Crippen MR) is 46.5 cm³/mol. The van der Waals surface area contributed by atoms with Crippen molar-refractivity contribution >= 4 is 37.7 Å². The maximum absolute atomic E-state index is 9.20. The van der Waals surface area contributed by atoms with Crippen LogP contribution < -0.4 is 5.73 Å². The van der Waals surface area contributed by atoms with Gasteiger partial charge in [-0.15, -0.1) is 0 Å². The van der Waals surface area contributed by atoms with Crippen molar-refractivity contribution in [1.29, 1.82) is 0 Å². The van der Waals surface area contributed by atoms with Gasteiger partial charge in [0.15, 0.2) is 6.29 Å². The summed E-state index contributed by atoms with van der Waals surface area (Å²) in [4.78, 5) is 0. The molecule has 0 aromatic carbocycles. The van der Waals surface area contributed by atoms with Gasteiger partial charge in [0, 0.05) is 0 Å². The van der Waals surface area contributed by atoms with Crippen LogP contribution in [0.15, 0.2) is 0 Å². The van der Waals surface area contributed by atoms with E-state index in [9.17, 15) is 10.2 Å². The molecular formula is C6H15CaNO5. The van der Waals surface area contributed by atoms with Crippen molar-refractivity contribution in [3.05, 3.63) is 0 Å². The van der Waals surface area contributed by atoms with E-state index < -0.39 is 37.3 Å². The second kappa shape index (κ2) is 5.79. The molecule has 0 saturated carbocycles. The summed E-state index contributed by atoms with van der Waals surface area (Å²) in [6, 6.07) is -1.04. The molecule has 1 rings (SSSR count). The second-order valence-electron chi connectivity index (χ2n) is 2.81. The summed E-state index contributed by atoms with van der Waals surface area (Å²) in [5.41, 5.74) is 5.26. The molecule has 1 aliphatic heterocycles. The third-order valence-corrected chi connectivity index (χ3v) is 1.95. The second-order valence-corrected chi connectivity index (χ2v) is 2.81. The first-order valence-electron chi connectivity index (χ1n) is 3.64. The summed E-state index contributed by atoms with van der Waals surface area (Å²) >= 11 is 0. The van der Waals surface area contributed by atoms with E-state index in [2.05, 4.69) is 0 Å². The van der Waals surface area contributed by atoms with Crippen molar-refractivity contribution in [1.82, 2.24) is 0 Å². The van der Waals surface area contributed by atoms with Crippen LogP contribution in [0.2, 0.25) is 0 Å². The van der Waals surface area contributed by atoms with Gasteiger partial charge in [0.05, 0.1) is 12.6 Å². The third kappa shape index (κ3) is 2.98. The van der Waals surface area contributed by atoms with Crippen LogP contribution in [0.1, 0.15) is 0 Å². The molecule has 0 radical (unpaired) electrons. The summed E-state index contributed by atoms with van der Waals surface area (Å²) in [7, 11) is 0. The molecule has 0 amide bonds. The topological polar surface area (TPSA) is 116 Å². The molecule has 1 unspecified atom stereocenters. The first-order chi connectivity index (χ1) is 5.57. The van der Waals surface area contributed by atoms with Crippen molar-refractivity contribution in [2.75, 3.05) is 6.61 Å². The Hall–Kier alpha value is 1.02. The van der Waals surface area contributed by atoms with Gasteiger partial charge in [-0.3, -0.25) is 0 Å². The molecule has 76 valence electrons. The van der Waals surface area contributed by atoms with Crippen molar-refractivity contribution in [3.8, 4) is 0 Å². The van der Waals surface area contributed by atoms with Crippen molar-refractivity contribution in [2.24, 2.45) is 5.73 Å². The van der Waals surface area contributed by atoms with Crippen LogP contribution in [-0.2, 0) is 4.74 Å². The van der Waals surface area contributed by atoms with Crippen LogP contribution in [0.25, 0.3) is 0 Å². The fourth-order valence-electron chi connectivity index (χ4n) is 1.12. The Balaban J connectivity index is 0.00000144. The number of nitrogens with two attached hydrogens (primary N) is 1. The summed E-state index contributed by atoms with van der Waals surface area (Å²) in [5.74, 6) is 0. The predicted octanol–water partition coefficient (Wildman–Crippen LogP) is -4.17. The van der Waals surface area contributed by atoms with Crippen LogP contribution in [0, 0.1) is 0 Å². The number of aliphatic hydroxyl groups is 4. The maximum atomic E-state index is 9.20. The normalized spacial score (nSPS) is 45.5. The summed E-state index contributed by atoms with van der Waals surface area (Å²) in [6.07, 6.45) is -4.85. The Morgan fingerprint density at radius 2 is 1.69 bits per heavy atom. The molecule has 1 fully saturated rings. The van der Waals surface area contributed by atoms with Gasteiger partial charge in [-0.1, -0.05) is 0 Å². The minimum atomic E-state index is -1.35. The number of ether oxygens (including phenoxy) is 1. The molecule has 0 aromatic rings. The SMILES string of the molecule is N[C@H]1C(O)O[C@H](CO)[C@@H](O)[C@@H]1O.[CaH2]. The summed E-state index contributed by atoms with van der Waals surface area (Å²) < 4.78 is 4.70. The standard InChI is InChI=1S/C6H13NO5.Ca.2H/c7-3-5(10)4(9)2(1-8)12-6(3)11;;;/h2-6,8-11H,1,7H2;;;/t2-,3-,4-,5-,6?;;;/m1.../s1. The fourth-order valence-corrected chi connectivity index (χ4v) is 1.12. The first-order valence-corrected chi connectivity index (χ1v) is 3.64. The Kier molecular flexibility index (Phi) is 6.25. The Bertz CT molecular complexity index is 155. The fraction of sp³-hybridized carbons (Fsp3) is 1.00. The van der Waals surface area contributed by atoms with Gasteiger partial charge in [0.25, 0.3) is 0 Å². The molecule has 6 nitrogen and oxygen atoms in total. The van der Waals surface area contributed by atoms with Gasteiger partial charge in [-0.05, 0) is 0 Å². The number of rotatable bonds is 1. The van der Waals surface area contributed by atoms with Gasteiger partial charge >= 0.3 is 37.7 Å². The molecule has 6 N–H and O–H groups in total. The van der Waals surface area contributed by atoms with Crippen molar-refractivity contribution in [2.45, 2.75) is 30.6 Å². The molecule has 1 aliphatic rings. The minimum absolute atomic E-state index is 0. The summed E-state index contributed by atoms with van der Waals surface area (Å²) in [6.45, 7) is -0.470. The average molecular weight is 221 g/mol. The first kappa shape index (κ1) is 14.0. The molecule has 0 aliphatic carbocycles. The van der Waals surface area contributed by atoms with Crippen LogP contribution in [0.3, 0.4) is 0 Å². The number of hydrogen-bond donors (Lipinski definition) is 5. The van der Waals surface area contributed by atoms with Crippen molar-refractivity contribution in [3.63, 3.8) is 0 Å². The number of aliphatic hydroxyl groups excluding tert-OH is 4. The molecule has 13 heavy (non-hydrogen) atoms. The van der Waals surface area contributed by atoms with E-state index >= 15 is 0 Å². The van der Waals surface area contributed by atoms with Gasteiger partial charge in [-0.2, -0.15) is 0 Å². The monoisotopic (exact) mass is 221 g/mol. The zero-order chi connectivity index (χ0) is 9.30. The molecule has 1 heterocycles. The zero-order valence-electron chi connectivity index (χ0n) is 6.37.